The topological polar surface area (TPSA) is 129 Å². The van der Waals surface area contributed by atoms with Gasteiger partial charge in [0.2, 0.25) is 16.0 Å². The molecule has 3 heterocycles. The van der Waals surface area contributed by atoms with Gasteiger partial charge in [-0.3, -0.25) is 0 Å². The SMILES string of the molecule is CNCc1ccc(-n2cc(-c3nc(NC4CCN(S(C)(=O)=O)CC4)ncc3C#N)nc2C)c(Cl)c1. The number of hydrogen-bond acceptors (Lipinski definition) is 8. The fourth-order valence-corrected chi connectivity index (χ4v) is 5.30. The van der Waals surface area contributed by atoms with Gasteiger partial charge in [-0.1, -0.05) is 17.7 Å². The highest BCUT2D eigenvalue weighted by molar-refractivity contribution is 7.88. The molecule has 0 saturated carbocycles. The third kappa shape index (κ3) is 5.62. The molecule has 4 rings (SSSR count). The smallest absolute Gasteiger partial charge is 0.223 e. The van der Waals surface area contributed by atoms with Crippen LogP contribution in [0.2, 0.25) is 5.02 Å². The molecule has 1 aromatic carbocycles. The van der Waals surface area contributed by atoms with Crippen LogP contribution >= 0.6 is 11.6 Å². The maximum absolute atomic E-state index is 11.8. The highest BCUT2D eigenvalue weighted by Crippen LogP contribution is 2.28. The molecular weight excluding hydrogens is 488 g/mol. The third-order valence-electron chi connectivity index (χ3n) is 5.94. The van der Waals surface area contributed by atoms with Crippen LogP contribution in [-0.2, 0) is 16.6 Å². The summed E-state index contributed by atoms with van der Waals surface area (Å²) in [5.74, 6) is 1.08. The first kappa shape index (κ1) is 25.1. The van der Waals surface area contributed by atoms with E-state index in [0.717, 1.165) is 11.3 Å². The lowest BCUT2D eigenvalue weighted by Gasteiger charge is -2.30. The van der Waals surface area contributed by atoms with Gasteiger partial charge >= 0.3 is 0 Å². The minimum Gasteiger partial charge on any atom is -0.351 e. The van der Waals surface area contributed by atoms with Gasteiger partial charge in [0.05, 0.1) is 28.7 Å². The fraction of sp³-hybridized carbons (Fsp3) is 0.391. The number of nitriles is 1. The van der Waals surface area contributed by atoms with Gasteiger partial charge in [-0.15, -0.1) is 0 Å². The molecule has 1 saturated heterocycles. The van der Waals surface area contributed by atoms with E-state index in [4.69, 9.17) is 11.6 Å². The molecule has 2 aromatic heterocycles. The molecule has 35 heavy (non-hydrogen) atoms. The van der Waals surface area contributed by atoms with Crippen LogP contribution in [0.4, 0.5) is 5.95 Å². The zero-order chi connectivity index (χ0) is 25.2. The predicted octanol–water partition coefficient (Wildman–Crippen LogP) is 2.72. The van der Waals surface area contributed by atoms with Gasteiger partial charge in [-0.05, 0) is 44.5 Å². The Morgan fingerprint density at radius 1 is 1.26 bits per heavy atom. The molecule has 0 amide bonds. The normalized spacial score (nSPS) is 15.2. The number of rotatable bonds is 7. The monoisotopic (exact) mass is 514 g/mol. The average molecular weight is 515 g/mol. The summed E-state index contributed by atoms with van der Waals surface area (Å²) in [5.41, 5.74) is 3.11. The lowest BCUT2D eigenvalue weighted by atomic mass is 10.1. The van der Waals surface area contributed by atoms with Crippen molar-refractivity contribution in [1.29, 1.82) is 5.26 Å². The molecule has 0 unspecified atom stereocenters. The van der Waals surface area contributed by atoms with Crippen molar-refractivity contribution < 1.29 is 8.42 Å². The largest absolute Gasteiger partial charge is 0.351 e. The molecular formula is C23H27ClN8O2S. The van der Waals surface area contributed by atoms with E-state index in [-0.39, 0.29) is 6.04 Å². The summed E-state index contributed by atoms with van der Waals surface area (Å²) in [6.45, 7) is 3.46. The number of anilines is 1. The standard InChI is InChI=1S/C23H27ClN8O2S/c1-15-28-20(14-32(15)21-5-4-16(12-26-2)10-19(21)24)22-17(11-25)13-27-23(30-22)29-18-6-8-31(9-7-18)35(3,33)34/h4-5,10,13-14,18,26H,6-9,12H2,1-3H3,(H,27,29,30). The number of nitrogens with zero attached hydrogens (tertiary/aromatic N) is 6. The molecule has 0 atom stereocenters. The Kier molecular flexibility index (Phi) is 7.37. The Labute approximate surface area is 210 Å². The number of sulfonamides is 1. The summed E-state index contributed by atoms with van der Waals surface area (Å²) in [6.07, 6.45) is 5.79. The Hall–Kier alpha value is -3.04. The van der Waals surface area contributed by atoms with Gasteiger partial charge in [0.15, 0.2) is 0 Å². The van der Waals surface area contributed by atoms with Gasteiger partial charge in [0.25, 0.3) is 0 Å². The van der Waals surface area contributed by atoms with Crippen LogP contribution < -0.4 is 10.6 Å². The van der Waals surface area contributed by atoms with Crippen molar-refractivity contribution in [3.8, 4) is 23.1 Å². The molecule has 0 radical (unpaired) electrons. The Morgan fingerprint density at radius 3 is 2.63 bits per heavy atom. The summed E-state index contributed by atoms with van der Waals surface area (Å²) >= 11 is 6.55. The first-order valence-electron chi connectivity index (χ1n) is 11.2. The summed E-state index contributed by atoms with van der Waals surface area (Å²) in [5, 5.41) is 16.6. The van der Waals surface area contributed by atoms with E-state index >= 15 is 0 Å². The lowest BCUT2D eigenvalue weighted by Crippen LogP contribution is -2.42. The molecule has 2 N–H and O–H groups in total. The molecule has 10 nitrogen and oxygen atoms in total. The molecule has 0 aliphatic carbocycles. The van der Waals surface area contributed by atoms with E-state index in [0.29, 0.717) is 66.2 Å². The fourth-order valence-electron chi connectivity index (χ4n) is 4.13. The lowest BCUT2D eigenvalue weighted by molar-refractivity contribution is 0.331. The number of hydrogen-bond donors (Lipinski definition) is 2. The molecule has 1 aliphatic rings. The Bertz CT molecular complexity index is 1370. The number of piperidine rings is 1. The zero-order valence-electron chi connectivity index (χ0n) is 19.8. The van der Waals surface area contributed by atoms with Crippen LogP contribution in [0.25, 0.3) is 17.1 Å². The summed E-state index contributed by atoms with van der Waals surface area (Å²) in [7, 11) is -1.31. The van der Waals surface area contributed by atoms with Gasteiger partial charge < -0.3 is 15.2 Å². The van der Waals surface area contributed by atoms with Crippen molar-refractivity contribution in [2.75, 3.05) is 31.7 Å². The van der Waals surface area contributed by atoms with Crippen molar-refractivity contribution in [2.24, 2.45) is 0 Å². The minimum absolute atomic E-state index is 0.0306. The van der Waals surface area contributed by atoms with Crippen LogP contribution in [0.5, 0.6) is 0 Å². The minimum atomic E-state index is -3.19. The predicted molar refractivity (Wildman–Crippen MR) is 135 cm³/mol. The molecule has 184 valence electrons. The quantitative estimate of drug-likeness (QED) is 0.492. The molecule has 0 bridgehead atoms. The van der Waals surface area contributed by atoms with Crippen LogP contribution in [0.15, 0.2) is 30.6 Å². The summed E-state index contributed by atoms with van der Waals surface area (Å²) < 4.78 is 26.9. The summed E-state index contributed by atoms with van der Waals surface area (Å²) in [6, 6.07) is 8.02. The van der Waals surface area contributed by atoms with E-state index in [1.165, 1.54) is 16.8 Å². The Morgan fingerprint density at radius 2 is 2.00 bits per heavy atom. The second-order valence-corrected chi connectivity index (χ2v) is 10.9. The highest BCUT2D eigenvalue weighted by Gasteiger charge is 2.25. The van der Waals surface area contributed by atoms with Crippen LogP contribution in [-0.4, -0.2) is 64.7 Å². The summed E-state index contributed by atoms with van der Waals surface area (Å²) in [4.78, 5) is 13.5. The third-order valence-corrected chi connectivity index (χ3v) is 7.55. The zero-order valence-corrected chi connectivity index (χ0v) is 21.4. The number of benzene rings is 1. The maximum atomic E-state index is 11.8. The molecule has 0 spiro atoms. The number of nitrogens with one attached hydrogen (secondary N) is 2. The highest BCUT2D eigenvalue weighted by atomic mass is 35.5. The van der Waals surface area contributed by atoms with Crippen LogP contribution in [0.1, 0.15) is 29.8 Å². The van der Waals surface area contributed by atoms with Gasteiger partial charge in [-0.2, -0.15) is 5.26 Å². The molecule has 1 fully saturated rings. The van der Waals surface area contributed by atoms with Crippen LogP contribution in [0.3, 0.4) is 0 Å². The van der Waals surface area contributed by atoms with E-state index in [2.05, 4.69) is 31.7 Å². The molecule has 12 heteroatoms. The Balaban J connectivity index is 1.59. The second-order valence-electron chi connectivity index (χ2n) is 8.51. The van der Waals surface area contributed by atoms with E-state index in [9.17, 15) is 13.7 Å². The van der Waals surface area contributed by atoms with E-state index in [1.54, 1.807) is 0 Å². The van der Waals surface area contributed by atoms with Gasteiger partial charge in [0, 0.05) is 31.9 Å². The first-order chi connectivity index (χ1) is 16.7. The van der Waals surface area contributed by atoms with E-state index in [1.807, 2.05) is 42.9 Å². The molecule has 1 aliphatic heterocycles. The average Bonchev–Trinajstić information content (AvgIpc) is 3.20. The van der Waals surface area contributed by atoms with Crippen molar-refractivity contribution in [3.63, 3.8) is 0 Å². The van der Waals surface area contributed by atoms with Crippen molar-refractivity contribution in [2.45, 2.75) is 32.4 Å². The van der Waals surface area contributed by atoms with Gasteiger partial charge in [0.1, 0.15) is 23.3 Å². The number of imidazole rings is 1. The second kappa shape index (κ2) is 10.3. The van der Waals surface area contributed by atoms with E-state index < -0.39 is 10.0 Å². The van der Waals surface area contributed by atoms with Crippen molar-refractivity contribution in [1.82, 2.24) is 29.1 Å². The number of halogens is 1. The maximum Gasteiger partial charge on any atom is 0.223 e. The molecule has 3 aromatic rings. The van der Waals surface area contributed by atoms with Crippen LogP contribution in [0, 0.1) is 18.3 Å². The van der Waals surface area contributed by atoms with Crippen molar-refractivity contribution >= 4 is 27.6 Å². The number of aromatic nitrogens is 4. The van der Waals surface area contributed by atoms with Gasteiger partial charge in [-0.25, -0.2) is 27.7 Å². The first-order valence-corrected chi connectivity index (χ1v) is 13.4. The number of aryl methyl sites for hydroxylation is 1. The van der Waals surface area contributed by atoms with Crippen molar-refractivity contribution in [3.05, 3.63) is 52.6 Å².